The summed E-state index contributed by atoms with van der Waals surface area (Å²) in [7, 11) is -3.88. The minimum Gasteiger partial charge on any atom is -0.465 e. The van der Waals surface area contributed by atoms with Crippen LogP contribution in [0.5, 0.6) is 0 Å². The molecule has 0 amide bonds. The van der Waals surface area contributed by atoms with Gasteiger partial charge in [0.1, 0.15) is 16.1 Å². The zero-order valence-corrected chi connectivity index (χ0v) is 13.7. The molecular formula is C12H15ClN2O4S2. The van der Waals surface area contributed by atoms with Crippen molar-refractivity contribution in [3.05, 3.63) is 23.5 Å². The van der Waals surface area contributed by atoms with E-state index in [2.05, 4.69) is 4.98 Å². The smallest absolute Gasteiger partial charge is 0.325 e. The Morgan fingerprint density at radius 3 is 3.05 bits per heavy atom. The molecule has 1 unspecified atom stereocenters. The first-order valence-electron chi connectivity index (χ1n) is 6.35. The molecule has 1 atom stereocenters. The van der Waals surface area contributed by atoms with Gasteiger partial charge in [0.05, 0.1) is 6.61 Å². The number of hydrogen-bond donors (Lipinski definition) is 0. The summed E-state index contributed by atoms with van der Waals surface area (Å²) < 4.78 is 31.5. The molecule has 0 aromatic carbocycles. The second kappa shape index (κ2) is 6.95. The van der Waals surface area contributed by atoms with E-state index in [-0.39, 0.29) is 23.2 Å². The predicted octanol–water partition coefficient (Wildman–Crippen LogP) is 1.40. The van der Waals surface area contributed by atoms with Crippen LogP contribution in [0.4, 0.5) is 0 Å². The molecule has 1 aliphatic rings. The largest absolute Gasteiger partial charge is 0.465 e. The van der Waals surface area contributed by atoms with Gasteiger partial charge in [0.15, 0.2) is 0 Å². The Bertz CT molecular complexity index is 623. The second-order valence-electron chi connectivity index (χ2n) is 4.25. The second-order valence-corrected chi connectivity index (χ2v) is 7.62. The van der Waals surface area contributed by atoms with Gasteiger partial charge < -0.3 is 4.74 Å². The molecule has 1 aliphatic heterocycles. The maximum absolute atomic E-state index is 12.7. The lowest BCUT2D eigenvalue weighted by atomic mass is 10.3. The van der Waals surface area contributed by atoms with E-state index < -0.39 is 22.0 Å². The summed E-state index contributed by atoms with van der Waals surface area (Å²) in [6.07, 6.45) is 1.41. The van der Waals surface area contributed by atoms with Crippen LogP contribution in [0, 0.1) is 0 Å². The van der Waals surface area contributed by atoms with Crippen molar-refractivity contribution in [1.29, 1.82) is 0 Å². The molecule has 1 saturated heterocycles. The molecule has 1 aromatic heterocycles. The van der Waals surface area contributed by atoms with Crippen LogP contribution in [0.3, 0.4) is 0 Å². The van der Waals surface area contributed by atoms with Crippen LogP contribution in [-0.4, -0.2) is 54.4 Å². The van der Waals surface area contributed by atoms with Gasteiger partial charge in [-0.1, -0.05) is 11.6 Å². The molecule has 6 nitrogen and oxygen atoms in total. The lowest BCUT2D eigenvalue weighted by molar-refractivity contribution is -0.146. The molecule has 2 rings (SSSR count). The topological polar surface area (TPSA) is 76.6 Å². The van der Waals surface area contributed by atoms with E-state index >= 15 is 0 Å². The van der Waals surface area contributed by atoms with Crippen LogP contribution in [-0.2, 0) is 19.6 Å². The maximum atomic E-state index is 12.7. The number of carbonyl (C=O) groups excluding carboxylic acids is 1. The standard InChI is InChI=1S/C12H15ClN2O4S2/c1-2-19-12(16)9-8-20-7-6-15(9)21(17,18)10-4-3-5-14-11(10)13/h3-5,9H,2,6-8H2,1H3. The summed E-state index contributed by atoms with van der Waals surface area (Å²) >= 11 is 7.40. The van der Waals surface area contributed by atoms with Gasteiger partial charge >= 0.3 is 5.97 Å². The Balaban J connectivity index is 2.36. The number of nitrogens with zero attached hydrogens (tertiary/aromatic N) is 2. The van der Waals surface area contributed by atoms with Crippen molar-refractivity contribution in [1.82, 2.24) is 9.29 Å². The number of thioether (sulfide) groups is 1. The fourth-order valence-electron chi connectivity index (χ4n) is 1.99. The first-order valence-corrected chi connectivity index (χ1v) is 9.32. The first-order chi connectivity index (χ1) is 9.98. The van der Waals surface area contributed by atoms with Crippen molar-refractivity contribution < 1.29 is 17.9 Å². The quantitative estimate of drug-likeness (QED) is 0.603. The maximum Gasteiger partial charge on any atom is 0.325 e. The fraction of sp³-hybridized carbons (Fsp3) is 0.500. The molecule has 0 saturated carbocycles. The van der Waals surface area contributed by atoms with E-state index in [1.807, 2.05) is 0 Å². The molecule has 116 valence electrons. The Morgan fingerprint density at radius 2 is 2.38 bits per heavy atom. The zero-order valence-electron chi connectivity index (χ0n) is 11.4. The van der Waals surface area contributed by atoms with Crippen LogP contribution in [0.15, 0.2) is 23.2 Å². The zero-order chi connectivity index (χ0) is 15.5. The summed E-state index contributed by atoms with van der Waals surface area (Å²) in [6.45, 7) is 2.13. The summed E-state index contributed by atoms with van der Waals surface area (Å²) in [4.78, 5) is 15.7. The highest BCUT2D eigenvalue weighted by Gasteiger charge is 2.39. The number of rotatable bonds is 4. The number of ether oxygens (including phenoxy) is 1. The Labute approximate surface area is 132 Å². The van der Waals surface area contributed by atoms with Gasteiger partial charge in [-0.05, 0) is 19.1 Å². The number of aromatic nitrogens is 1. The summed E-state index contributed by atoms with van der Waals surface area (Å²) in [5.74, 6) is 0.455. The Hall–Kier alpha value is -0.830. The van der Waals surface area contributed by atoms with Crippen LogP contribution in [0.2, 0.25) is 5.15 Å². The first kappa shape index (κ1) is 16.5. The highest BCUT2D eigenvalue weighted by molar-refractivity contribution is 7.99. The highest BCUT2D eigenvalue weighted by atomic mass is 35.5. The van der Waals surface area contributed by atoms with E-state index in [1.54, 1.807) is 6.92 Å². The molecule has 0 spiro atoms. The lowest BCUT2D eigenvalue weighted by Gasteiger charge is -2.32. The van der Waals surface area contributed by atoms with Gasteiger partial charge in [-0.3, -0.25) is 4.79 Å². The van der Waals surface area contributed by atoms with Crippen molar-refractivity contribution in [2.45, 2.75) is 17.9 Å². The van der Waals surface area contributed by atoms with E-state index in [1.165, 1.54) is 30.1 Å². The minimum absolute atomic E-state index is 0.0899. The average Bonchev–Trinajstić information content (AvgIpc) is 2.48. The predicted molar refractivity (Wildman–Crippen MR) is 80.9 cm³/mol. The molecule has 1 aromatic rings. The van der Waals surface area contributed by atoms with Gasteiger partial charge in [0.2, 0.25) is 10.0 Å². The fourth-order valence-corrected chi connectivity index (χ4v) is 5.24. The summed E-state index contributed by atoms with van der Waals surface area (Å²) in [6, 6.07) is 2.05. The third kappa shape index (κ3) is 3.50. The number of pyridine rings is 1. The van der Waals surface area contributed by atoms with Crippen LogP contribution in [0.25, 0.3) is 0 Å². The third-order valence-electron chi connectivity index (χ3n) is 2.95. The summed E-state index contributed by atoms with van der Waals surface area (Å²) in [5.41, 5.74) is 0. The Kier molecular flexibility index (Phi) is 5.48. The molecule has 0 N–H and O–H groups in total. The van der Waals surface area contributed by atoms with Gasteiger partial charge in [-0.2, -0.15) is 16.1 Å². The Morgan fingerprint density at radius 1 is 1.62 bits per heavy atom. The van der Waals surface area contributed by atoms with Crippen molar-refractivity contribution in [2.75, 3.05) is 24.7 Å². The van der Waals surface area contributed by atoms with Gasteiger partial charge in [-0.25, -0.2) is 13.4 Å². The molecule has 0 radical (unpaired) electrons. The molecule has 21 heavy (non-hydrogen) atoms. The van der Waals surface area contributed by atoms with Crippen molar-refractivity contribution in [3.8, 4) is 0 Å². The van der Waals surface area contributed by atoms with E-state index in [0.717, 1.165) is 4.31 Å². The number of halogens is 1. The van der Waals surface area contributed by atoms with Gasteiger partial charge in [0, 0.05) is 24.2 Å². The highest BCUT2D eigenvalue weighted by Crippen LogP contribution is 2.28. The van der Waals surface area contributed by atoms with Crippen molar-refractivity contribution >= 4 is 39.4 Å². The van der Waals surface area contributed by atoms with Gasteiger partial charge in [0.25, 0.3) is 0 Å². The molecular weight excluding hydrogens is 336 g/mol. The number of carbonyl (C=O) groups is 1. The van der Waals surface area contributed by atoms with Gasteiger partial charge in [-0.15, -0.1) is 0 Å². The van der Waals surface area contributed by atoms with Crippen molar-refractivity contribution in [2.24, 2.45) is 0 Å². The average molecular weight is 351 g/mol. The summed E-state index contributed by atoms with van der Waals surface area (Å²) in [5, 5.41) is -0.0988. The molecule has 9 heteroatoms. The minimum atomic E-state index is -3.88. The van der Waals surface area contributed by atoms with Crippen LogP contribution >= 0.6 is 23.4 Å². The normalized spacial score (nSPS) is 20.2. The van der Waals surface area contributed by atoms with Crippen LogP contribution in [0.1, 0.15) is 6.92 Å². The molecule has 2 heterocycles. The monoisotopic (exact) mass is 350 g/mol. The van der Waals surface area contributed by atoms with Crippen LogP contribution < -0.4 is 0 Å². The molecule has 0 aliphatic carbocycles. The number of esters is 1. The van der Waals surface area contributed by atoms with E-state index in [4.69, 9.17) is 16.3 Å². The third-order valence-corrected chi connectivity index (χ3v) is 6.33. The van der Waals surface area contributed by atoms with Crippen molar-refractivity contribution in [3.63, 3.8) is 0 Å². The van der Waals surface area contributed by atoms with E-state index in [9.17, 15) is 13.2 Å². The molecule has 0 bridgehead atoms. The van der Waals surface area contributed by atoms with E-state index in [0.29, 0.717) is 11.5 Å². The lowest BCUT2D eigenvalue weighted by Crippen LogP contribution is -2.50. The SMILES string of the molecule is CCOC(=O)C1CSCCN1S(=O)(=O)c1cccnc1Cl. The molecule has 1 fully saturated rings. The number of hydrogen-bond acceptors (Lipinski definition) is 6. The number of sulfonamides is 1.